The van der Waals surface area contributed by atoms with Gasteiger partial charge in [0.25, 0.3) is 0 Å². The van der Waals surface area contributed by atoms with Crippen LogP contribution >= 0.6 is 11.8 Å². The second-order valence-corrected chi connectivity index (χ2v) is 5.03. The fourth-order valence-electron chi connectivity index (χ4n) is 2.02. The summed E-state index contributed by atoms with van der Waals surface area (Å²) in [4.78, 5) is 0. The van der Waals surface area contributed by atoms with E-state index in [1.54, 1.807) is 6.07 Å². The fourth-order valence-corrected chi connectivity index (χ4v) is 2.67. The molecular formula is C13H17NOS. The Bertz CT molecular complexity index is 490. The van der Waals surface area contributed by atoms with Gasteiger partial charge in [-0.15, -0.1) is 0 Å². The lowest BCUT2D eigenvalue weighted by molar-refractivity contribution is 0.476. The smallest absolute Gasteiger partial charge is 0.116 e. The number of hydrogen-bond acceptors (Lipinski definition) is 2. The first-order chi connectivity index (χ1) is 7.76. The summed E-state index contributed by atoms with van der Waals surface area (Å²) in [5.41, 5.74) is 2.56. The predicted molar refractivity (Wildman–Crippen MR) is 71.1 cm³/mol. The molecule has 0 aliphatic rings. The Morgan fingerprint density at radius 2 is 2.06 bits per heavy atom. The molecule has 0 radical (unpaired) electrons. The molecule has 16 heavy (non-hydrogen) atoms. The van der Waals surface area contributed by atoms with Crippen molar-refractivity contribution < 1.29 is 5.11 Å². The number of aromatic hydroxyl groups is 1. The normalized spacial score (nSPS) is 11.1. The maximum Gasteiger partial charge on any atom is 0.116 e. The molecule has 0 amide bonds. The number of aromatic nitrogens is 1. The third-order valence-electron chi connectivity index (χ3n) is 2.74. The number of phenolic OH excluding ortho intramolecular Hbond substituents is 1. The van der Waals surface area contributed by atoms with E-state index < -0.39 is 0 Å². The summed E-state index contributed by atoms with van der Waals surface area (Å²) in [6.07, 6.45) is 0. The molecule has 3 heteroatoms. The van der Waals surface area contributed by atoms with Gasteiger partial charge in [-0.3, -0.25) is 0 Å². The molecule has 1 N–H and O–H groups in total. The first-order valence-corrected chi connectivity index (χ1v) is 6.80. The van der Waals surface area contributed by atoms with E-state index in [4.69, 9.17) is 0 Å². The number of aryl methyl sites for hydroxylation is 1. The molecule has 0 saturated heterocycles. The van der Waals surface area contributed by atoms with Crippen LogP contribution in [0.15, 0.2) is 24.3 Å². The lowest BCUT2D eigenvalue weighted by Gasteiger charge is -2.06. The van der Waals surface area contributed by atoms with Gasteiger partial charge >= 0.3 is 0 Å². The largest absolute Gasteiger partial charge is 0.508 e. The van der Waals surface area contributed by atoms with Gasteiger partial charge in [0.15, 0.2) is 0 Å². The standard InChI is InChI=1S/C13H17NOS/c1-3-14-11(9-16-4-2)7-10-8-12(15)5-6-13(10)14/h5-8,15H,3-4,9H2,1-2H3. The first kappa shape index (κ1) is 11.4. The number of phenols is 1. The van der Waals surface area contributed by atoms with E-state index in [0.717, 1.165) is 23.4 Å². The fraction of sp³-hybridized carbons (Fsp3) is 0.385. The van der Waals surface area contributed by atoms with Crippen molar-refractivity contribution >= 4 is 22.7 Å². The van der Waals surface area contributed by atoms with Crippen molar-refractivity contribution in [3.05, 3.63) is 30.0 Å². The number of fused-ring (bicyclic) bond motifs is 1. The third kappa shape index (κ3) is 2.05. The molecule has 2 aromatic rings. The quantitative estimate of drug-likeness (QED) is 0.875. The Kier molecular flexibility index (Phi) is 3.44. The van der Waals surface area contributed by atoms with Crippen LogP contribution in [0.4, 0.5) is 0 Å². The molecule has 2 rings (SSSR count). The van der Waals surface area contributed by atoms with Gasteiger partial charge in [-0.2, -0.15) is 11.8 Å². The van der Waals surface area contributed by atoms with Crippen molar-refractivity contribution in [3.63, 3.8) is 0 Å². The number of thioether (sulfide) groups is 1. The molecule has 1 aromatic carbocycles. The third-order valence-corrected chi connectivity index (χ3v) is 3.65. The van der Waals surface area contributed by atoms with Crippen molar-refractivity contribution in [2.75, 3.05) is 5.75 Å². The second-order valence-electron chi connectivity index (χ2n) is 3.76. The summed E-state index contributed by atoms with van der Waals surface area (Å²) in [5, 5.41) is 10.6. The molecule has 86 valence electrons. The van der Waals surface area contributed by atoms with E-state index in [-0.39, 0.29) is 0 Å². The molecule has 0 aliphatic carbocycles. The van der Waals surface area contributed by atoms with Crippen molar-refractivity contribution in [3.8, 4) is 5.75 Å². The Labute approximate surface area is 100 Å². The summed E-state index contributed by atoms with van der Waals surface area (Å²) in [5.74, 6) is 2.52. The number of rotatable bonds is 4. The van der Waals surface area contributed by atoms with Crippen molar-refractivity contribution in [2.45, 2.75) is 26.1 Å². The van der Waals surface area contributed by atoms with Gasteiger partial charge in [0.05, 0.1) is 0 Å². The molecule has 1 aromatic heterocycles. The van der Waals surface area contributed by atoms with E-state index in [0.29, 0.717) is 5.75 Å². The van der Waals surface area contributed by atoms with Gasteiger partial charge in [-0.25, -0.2) is 0 Å². The van der Waals surface area contributed by atoms with E-state index >= 15 is 0 Å². The molecule has 0 fully saturated rings. The molecule has 0 atom stereocenters. The van der Waals surface area contributed by atoms with Crippen LogP contribution < -0.4 is 0 Å². The molecule has 0 aliphatic heterocycles. The van der Waals surface area contributed by atoms with Crippen molar-refractivity contribution in [1.82, 2.24) is 4.57 Å². The number of nitrogens with zero attached hydrogens (tertiary/aromatic N) is 1. The van der Waals surface area contributed by atoms with Crippen LogP contribution in [0.2, 0.25) is 0 Å². The Morgan fingerprint density at radius 1 is 1.25 bits per heavy atom. The van der Waals surface area contributed by atoms with Crippen LogP contribution in [0.25, 0.3) is 10.9 Å². The van der Waals surface area contributed by atoms with E-state index in [2.05, 4.69) is 24.5 Å². The second kappa shape index (κ2) is 4.83. The van der Waals surface area contributed by atoms with Gasteiger partial charge in [-0.1, -0.05) is 6.92 Å². The number of hydrogen-bond donors (Lipinski definition) is 1. The summed E-state index contributed by atoms with van der Waals surface area (Å²) in [6.45, 7) is 5.32. The molecule has 1 heterocycles. The van der Waals surface area contributed by atoms with E-state index in [9.17, 15) is 5.11 Å². The van der Waals surface area contributed by atoms with Crippen LogP contribution in [0.3, 0.4) is 0 Å². The Hall–Kier alpha value is -1.09. The highest BCUT2D eigenvalue weighted by Gasteiger charge is 2.07. The average molecular weight is 235 g/mol. The molecule has 0 bridgehead atoms. The first-order valence-electron chi connectivity index (χ1n) is 5.65. The summed E-state index contributed by atoms with van der Waals surface area (Å²) in [7, 11) is 0. The topological polar surface area (TPSA) is 25.2 Å². The monoisotopic (exact) mass is 235 g/mol. The zero-order valence-electron chi connectivity index (χ0n) is 9.73. The van der Waals surface area contributed by atoms with Crippen molar-refractivity contribution in [1.29, 1.82) is 0 Å². The minimum absolute atomic E-state index is 0.343. The van der Waals surface area contributed by atoms with Crippen LogP contribution in [0, 0.1) is 0 Å². The zero-order valence-corrected chi connectivity index (χ0v) is 10.5. The summed E-state index contributed by atoms with van der Waals surface area (Å²) >= 11 is 1.93. The highest BCUT2D eigenvalue weighted by Crippen LogP contribution is 2.26. The maximum absolute atomic E-state index is 9.46. The highest BCUT2D eigenvalue weighted by molar-refractivity contribution is 7.98. The van der Waals surface area contributed by atoms with Gasteiger partial charge in [-0.05, 0) is 36.9 Å². The average Bonchev–Trinajstić information content (AvgIpc) is 2.62. The lowest BCUT2D eigenvalue weighted by atomic mass is 10.2. The number of benzene rings is 1. The van der Waals surface area contributed by atoms with Crippen molar-refractivity contribution in [2.24, 2.45) is 0 Å². The highest BCUT2D eigenvalue weighted by atomic mass is 32.2. The van der Waals surface area contributed by atoms with Gasteiger partial charge < -0.3 is 9.67 Å². The van der Waals surface area contributed by atoms with Crippen LogP contribution in [-0.2, 0) is 12.3 Å². The predicted octanol–water partition coefficient (Wildman–Crippen LogP) is 3.62. The van der Waals surface area contributed by atoms with Crippen LogP contribution in [-0.4, -0.2) is 15.4 Å². The molecule has 0 spiro atoms. The van der Waals surface area contributed by atoms with Gasteiger partial charge in [0.2, 0.25) is 0 Å². The summed E-state index contributed by atoms with van der Waals surface area (Å²) < 4.78 is 2.32. The van der Waals surface area contributed by atoms with Gasteiger partial charge in [0.1, 0.15) is 5.75 Å². The molecule has 0 saturated carbocycles. The Balaban J connectivity index is 2.48. The Morgan fingerprint density at radius 3 is 2.75 bits per heavy atom. The minimum atomic E-state index is 0.343. The van der Waals surface area contributed by atoms with Gasteiger partial charge in [0, 0.05) is 28.9 Å². The van der Waals surface area contributed by atoms with E-state index in [1.807, 2.05) is 23.9 Å². The SMILES string of the molecule is CCSCc1cc2cc(O)ccc2n1CC. The minimum Gasteiger partial charge on any atom is -0.508 e. The lowest BCUT2D eigenvalue weighted by Crippen LogP contribution is -1.98. The maximum atomic E-state index is 9.46. The molecule has 0 unspecified atom stereocenters. The van der Waals surface area contributed by atoms with E-state index in [1.165, 1.54) is 11.2 Å². The zero-order chi connectivity index (χ0) is 11.5. The van der Waals surface area contributed by atoms with Crippen LogP contribution in [0.1, 0.15) is 19.5 Å². The molecular weight excluding hydrogens is 218 g/mol. The van der Waals surface area contributed by atoms with Crippen LogP contribution in [0.5, 0.6) is 5.75 Å². The summed E-state index contributed by atoms with van der Waals surface area (Å²) in [6, 6.07) is 7.77. The molecule has 2 nitrogen and oxygen atoms in total.